The summed E-state index contributed by atoms with van der Waals surface area (Å²) in [6.45, 7) is 6.13. The maximum Gasteiger partial charge on any atom is 0.409 e. The molecule has 0 saturated carbocycles. The van der Waals surface area contributed by atoms with Crippen LogP contribution in [0.2, 0.25) is 0 Å². The van der Waals surface area contributed by atoms with Crippen molar-refractivity contribution in [3.8, 4) is 0 Å². The first-order valence-corrected chi connectivity index (χ1v) is 7.73. The summed E-state index contributed by atoms with van der Waals surface area (Å²) in [7, 11) is 1.37. The molecule has 116 valence electrons. The first-order chi connectivity index (χ1) is 9.93. The van der Waals surface area contributed by atoms with Crippen LogP contribution in [0.4, 0.5) is 4.79 Å². The number of ether oxygens (including phenoxy) is 1. The Morgan fingerprint density at radius 3 is 2.29 bits per heavy atom. The molecule has 0 aromatic carbocycles. The summed E-state index contributed by atoms with van der Waals surface area (Å²) in [5.74, 6) is -0.00100. The Kier molecular flexibility index (Phi) is 4.92. The average Bonchev–Trinajstić information content (AvgIpc) is 2.88. The van der Waals surface area contributed by atoms with Gasteiger partial charge in [0.25, 0.3) is 5.91 Å². The van der Waals surface area contributed by atoms with Crippen molar-refractivity contribution in [2.75, 3.05) is 33.3 Å². The lowest BCUT2D eigenvalue weighted by molar-refractivity contribution is 0.0589. The average molecular weight is 358 g/mol. The van der Waals surface area contributed by atoms with Crippen LogP contribution in [-0.2, 0) is 4.74 Å². The highest BCUT2D eigenvalue weighted by molar-refractivity contribution is 9.10. The van der Waals surface area contributed by atoms with Crippen molar-refractivity contribution in [1.29, 1.82) is 0 Å². The zero-order chi connectivity index (χ0) is 15.6. The van der Waals surface area contributed by atoms with E-state index in [4.69, 9.17) is 4.74 Å². The summed E-state index contributed by atoms with van der Waals surface area (Å²) >= 11 is 3.42. The molecular formula is C14H20BrN3O3. The Hall–Kier alpha value is -1.50. The van der Waals surface area contributed by atoms with Gasteiger partial charge in [-0.15, -0.1) is 0 Å². The van der Waals surface area contributed by atoms with Gasteiger partial charge >= 0.3 is 6.09 Å². The third kappa shape index (κ3) is 3.40. The number of carbonyl (C=O) groups is 2. The Balaban J connectivity index is 2.07. The van der Waals surface area contributed by atoms with E-state index in [0.717, 1.165) is 4.47 Å². The largest absolute Gasteiger partial charge is 0.453 e. The molecule has 0 unspecified atom stereocenters. The minimum absolute atomic E-state index is 0.00100. The highest BCUT2D eigenvalue weighted by Gasteiger charge is 2.27. The fourth-order valence-corrected chi connectivity index (χ4v) is 2.86. The monoisotopic (exact) mass is 357 g/mol. The smallest absolute Gasteiger partial charge is 0.409 e. The number of amides is 2. The quantitative estimate of drug-likeness (QED) is 0.816. The fraction of sp³-hybridized carbons (Fsp3) is 0.571. The van der Waals surface area contributed by atoms with Gasteiger partial charge in [-0.2, -0.15) is 0 Å². The SMILES string of the molecule is COC(=O)N1CCN(C(=O)c2cc(Br)cn2C(C)C)CC1. The van der Waals surface area contributed by atoms with Crippen molar-refractivity contribution in [1.82, 2.24) is 14.4 Å². The second-order valence-corrected chi connectivity index (χ2v) is 6.21. The molecule has 0 atom stereocenters. The molecule has 1 aliphatic heterocycles. The highest BCUT2D eigenvalue weighted by Crippen LogP contribution is 2.21. The number of carbonyl (C=O) groups excluding carboxylic acids is 2. The number of hydrogen-bond acceptors (Lipinski definition) is 3. The summed E-state index contributed by atoms with van der Waals surface area (Å²) in [6.07, 6.45) is 1.58. The number of hydrogen-bond donors (Lipinski definition) is 0. The Labute approximate surface area is 132 Å². The fourth-order valence-electron chi connectivity index (χ4n) is 2.43. The van der Waals surface area contributed by atoms with Gasteiger partial charge in [-0.1, -0.05) is 0 Å². The zero-order valence-electron chi connectivity index (χ0n) is 12.5. The topological polar surface area (TPSA) is 54.8 Å². The molecule has 21 heavy (non-hydrogen) atoms. The zero-order valence-corrected chi connectivity index (χ0v) is 14.1. The van der Waals surface area contributed by atoms with E-state index in [9.17, 15) is 9.59 Å². The van der Waals surface area contributed by atoms with Gasteiger partial charge in [0.1, 0.15) is 5.69 Å². The van der Waals surface area contributed by atoms with Crippen LogP contribution >= 0.6 is 15.9 Å². The molecule has 2 amide bonds. The summed E-state index contributed by atoms with van der Waals surface area (Å²) in [5.41, 5.74) is 0.670. The molecule has 0 N–H and O–H groups in total. The molecule has 1 saturated heterocycles. The molecule has 0 spiro atoms. The number of piperazine rings is 1. The van der Waals surface area contributed by atoms with E-state index in [-0.39, 0.29) is 18.0 Å². The number of aromatic nitrogens is 1. The number of methoxy groups -OCH3 is 1. The molecule has 7 heteroatoms. The van der Waals surface area contributed by atoms with Crippen molar-refractivity contribution >= 4 is 27.9 Å². The molecule has 0 radical (unpaired) electrons. The number of nitrogens with zero attached hydrogens (tertiary/aromatic N) is 3. The first kappa shape index (κ1) is 15.9. The number of rotatable bonds is 2. The van der Waals surface area contributed by atoms with Gasteiger partial charge in [-0.05, 0) is 35.8 Å². The Morgan fingerprint density at radius 2 is 1.76 bits per heavy atom. The second-order valence-electron chi connectivity index (χ2n) is 5.29. The van der Waals surface area contributed by atoms with Crippen molar-refractivity contribution in [2.24, 2.45) is 0 Å². The Bertz CT molecular complexity index is 534. The van der Waals surface area contributed by atoms with Gasteiger partial charge in [0, 0.05) is 42.9 Å². The lowest BCUT2D eigenvalue weighted by atomic mass is 10.2. The van der Waals surface area contributed by atoms with Crippen LogP contribution in [0, 0.1) is 0 Å². The predicted octanol–water partition coefficient (Wildman–Crippen LogP) is 2.36. The molecular weight excluding hydrogens is 338 g/mol. The molecule has 0 bridgehead atoms. The summed E-state index contributed by atoms with van der Waals surface area (Å²) in [5, 5.41) is 0. The van der Waals surface area contributed by atoms with Gasteiger partial charge in [0.05, 0.1) is 7.11 Å². The molecule has 2 rings (SSSR count). The lowest BCUT2D eigenvalue weighted by Gasteiger charge is -2.34. The van der Waals surface area contributed by atoms with Gasteiger partial charge in [0.2, 0.25) is 0 Å². The van der Waals surface area contributed by atoms with E-state index in [2.05, 4.69) is 15.9 Å². The van der Waals surface area contributed by atoms with Gasteiger partial charge in [-0.25, -0.2) is 4.79 Å². The third-order valence-electron chi connectivity index (χ3n) is 3.59. The molecule has 0 aliphatic carbocycles. The van der Waals surface area contributed by atoms with Crippen LogP contribution in [0.15, 0.2) is 16.7 Å². The minimum Gasteiger partial charge on any atom is -0.453 e. The Morgan fingerprint density at radius 1 is 1.19 bits per heavy atom. The van der Waals surface area contributed by atoms with E-state index in [0.29, 0.717) is 31.9 Å². The van der Waals surface area contributed by atoms with E-state index in [1.165, 1.54) is 7.11 Å². The van der Waals surface area contributed by atoms with Crippen LogP contribution in [0.5, 0.6) is 0 Å². The third-order valence-corrected chi connectivity index (χ3v) is 4.02. The second kappa shape index (κ2) is 6.51. The molecule has 1 aromatic heterocycles. The highest BCUT2D eigenvalue weighted by atomic mass is 79.9. The van der Waals surface area contributed by atoms with Crippen LogP contribution in [-0.4, -0.2) is 59.7 Å². The molecule has 1 fully saturated rings. The molecule has 1 aliphatic rings. The van der Waals surface area contributed by atoms with Crippen LogP contribution in [0.1, 0.15) is 30.4 Å². The maximum absolute atomic E-state index is 12.6. The van der Waals surface area contributed by atoms with Gasteiger partial charge < -0.3 is 19.1 Å². The summed E-state index contributed by atoms with van der Waals surface area (Å²) in [4.78, 5) is 27.5. The van der Waals surface area contributed by atoms with Crippen molar-refractivity contribution in [3.63, 3.8) is 0 Å². The van der Waals surface area contributed by atoms with Crippen molar-refractivity contribution < 1.29 is 14.3 Å². The first-order valence-electron chi connectivity index (χ1n) is 6.93. The summed E-state index contributed by atoms with van der Waals surface area (Å²) in [6, 6.07) is 2.06. The molecule has 6 nitrogen and oxygen atoms in total. The van der Waals surface area contributed by atoms with E-state index in [1.807, 2.05) is 30.7 Å². The predicted molar refractivity (Wildman–Crippen MR) is 82.4 cm³/mol. The molecule has 2 heterocycles. The standard InChI is InChI=1S/C14H20BrN3O3/c1-10(2)18-9-11(15)8-12(18)13(19)16-4-6-17(7-5-16)14(20)21-3/h8-10H,4-7H2,1-3H3. The van der Waals surface area contributed by atoms with Crippen LogP contribution in [0.25, 0.3) is 0 Å². The van der Waals surface area contributed by atoms with Gasteiger partial charge in [-0.3, -0.25) is 4.79 Å². The van der Waals surface area contributed by atoms with Crippen LogP contribution < -0.4 is 0 Å². The maximum atomic E-state index is 12.6. The van der Waals surface area contributed by atoms with Crippen molar-refractivity contribution in [3.05, 3.63) is 22.4 Å². The van der Waals surface area contributed by atoms with E-state index >= 15 is 0 Å². The van der Waals surface area contributed by atoms with E-state index in [1.54, 1.807) is 9.80 Å². The van der Waals surface area contributed by atoms with E-state index < -0.39 is 0 Å². The minimum atomic E-state index is -0.338. The van der Waals surface area contributed by atoms with Crippen LogP contribution in [0.3, 0.4) is 0 Å². The molecule has 1 aromatic rings. The normalized spacial score (nSPS) is 15.5. The summed E-state index contributed by atoms with van der Waals surface area (Å²) < 4.78 is 7.55. The van der Waals surface area contributed by atoms with Gasteiger partial charge in [0.15, 0.2) is 0 Å². The van der Waals surface area contributed by atoms with Crippen molar-refractivity contribution in [2.45, 2.75) is 19.9 Å². The number of halogens is 1. The lowest BCUT2D eigenvalue weighted by Crippen LogP contribution is -2.50.